The Labute approximate surface area is 172 Å². The molecule has 2 fully saturated rings. The number of ketones is 1. The number of halogens is 2. The van der Waals surface area contributed by atoms with E-state index >= 15 is 0 Å². The maximum atomic E-state index is 13.4. The van der Waals surface area contributed by atoms with Gasteiger partial charge in [0, 0.05) is 16.7 Å². The van der Waals surface area contributed by atoms with Gasteiger partial charge in [-0.15, -0.1) is 0 Å². The van der Waals surface area contributed by atoms with Gasteiger partial charge < -0.3 is 0 Å². The van der Waals surface area contributed by atoms with Crippen molar-refractivity contribution in [2.75, 3.05) is 4.90 Å². The summed E-state index contributed by atoms with van der Waals surface area (Å²) >= 11 is 12.2. The molecule has 4 atom stereocenters. The zero-order valence-electron chi connectivity index (χ0n) is 15.6. The van der Waals surface area contributed by atoms with Gasteiger partial charge in [-0.3, -0.25) is 19.4 Å². The summed E-state index contributed by atoms with van der Waals surface area (Å²) in [6.45, 7) is 5.41. The molecule has 8 heteroatoms. The second-order valence-electron chi connectivity index (χ2n) is 8.24. The van der Waals surface area contributed by atoms with Gasteiger partial charge >= 0.3 is 0 Å². The molecule has 1 aromatic rings. The summed E-state index contributed by atoms with van der Waals surface area (Å²) in [6, 6.07) is 3.37. The molecular formula is C20H19Cl2N3O3. The highest BCUT2D eigenvalue weighted by atomic mass is 35.5. The lowest BCUT2D eigenvalue weighted by Gasteiger charge is -2.33. The van der Waals surface area contributed by atoms with E-state index in [1.165, 1.54) is 6.07 Å². The molecule has 4 unspecified atom stereocenters. The molecule has 146 valence electrons. The molecule has 3 heterocycles. The normalized spacial score (nSPS) is 28.8. The van der Waals surface area contributed by atoms with E-state index in [9.17, 15) is 14.4 Å². The van der Waals surface area contributed by atoms with Crippen molar-refractivity contribution in [1.82, 2.24) is 5.01 Å². The van der Waals surface area contributed by atoms with Crippen molar-refractivity contribution in [1.29, 1.82) is 0 Å². The average molecular weight is 420 g/mol. The van der Waals surface area contributed by atoms with Crippen LogP contribution in [-0.2, 0) is 14.4 Å². The van der Waals surface area contributed by atoms with E-state index in [0.717, 1.165) is 4.90 Å². The summed E-state index contributed by atoms with van der Waals surface area (Å²) in [5, 5.41) is 6.55. The van der Waals surface area contributed by atoms with Crippen LogP contribution in [0.5, 0.6) is 0 Å². The molecule has 0 aromatic heterocycles. The first kappa shape index (κ1) is 19.2. The molecule has 3 aliphatic heterocycles. The van der Waals surface area contributed by atoms with E-state index in [1.807, 2.05) is 6.08 Å². The van der Waals surface area contributed by atoms with Crippen LogP contribution in [0.1, 0.15) is 20.8 Å². The van der Waals surface area contributed by atoms with Crippen molar-refractivity contribution in [3.8, 4) is 0 Å². The van der Waals surface area contributed by atoms with Gasteiger partial charge in [0.15, 0.2) is 5.78 Å². The second-order valence-corrected chi connectivity index (χ2v) is 9.08. The minimum atomic E-state index is -0.809. The third kappa shape index (κ3) is 2.70. The predicted molar refractivity (Wildman–Crippen MR) is 107 cm³/mol. The van der Waals surface area contributed by atoms with Crippen molar-refractivity contribution >= 4 is 52.7 Å². The Hall–Kier alpha value is -2.18. The van der Waals surface area contributed by atoms with E-state index < -0.39 is 35.2 Å². The van der Waals surface area contributed by atoms with Crippen LogP contribution < -0.4 is 4.90 Å². The van der Waals surface area contributed by atoms with E-state index in [-0.39, 0.29) is 22.4 Å². The zero-order chi connectivity index (χ0) is 20.4. The lowest BCUT2D eigenvalue weighted by molar-refractivity contribution is -0.136. The molecule has 0 saturated carbocycles. The minimum absolute atomic E-state index is 0.123. The standard InChI is InChI=1S/C20H19Cl2N3O3/c1-20(2,3)17(26)16-15-14(13-5-4-8-23-25(13)16)18(27)24(19(15)28)12-7-6-10(21)9-11(12)22/h4-9,13-16H,1-3H3. The second kappa shape index (κ2) is 6.42. The highest BCUT2D eigenvalue weighted by Gasteiger charge is 2.64. The van der Waals surface area contributed by atoms with E-state index in [1.54, 1.807) is 50.2 Å². The number of fused-ring (bicyclic) bond motifs is 3. The van der Waals surface area contributed by atoms with Gasteiger partial charge in [-0.1, -0.05) is 50.0 Å². The molecule has 28 heavy (non-hydrogen) atoms. The van der Waals surface area contributed by atoms with Crippen molar-refractivity contribution in [3.63, 3.8) is 0 Å². The summed E-state index contributed by atoms with van der Waals surface area (Å²) in [6.07, 6.45) is 5.12. The van der Waals surface area contributed by atoms with E-state index in [4.69, 9.17) is 23.2 Å². The molecule has 0 radical (unpaired) electrons. The van der Waals surface area contributed by atoms with Gasteiger partial charge in [0.25, 0.3) is 0 Å². The van der Waals surface area contributed by atoms with Crippen LogP contribution in [0, 0.1) is 17.3 Å². The molecule has 0 N–H and O–H groups in total. The Kier molecular flexibility index (Phi) is 4.39. The lowest BCUT2D eigenvalue weighted by Crippen LogP contribution is -2.49. The number of benzene rings is 1. The first-order chi connectivity index (χ1) is 13.1. The fourth-order valence-corrected chi connectivity index (χ4v) is 4.67. The topological polar surface area (TPSA) is 70.0 Å². The van der Waals surface area contributed by atoms with E-state index in [0.29, 0.717) is 5.02 Å². The van der Waals surface area contributed by atoms with Gasteiger partial charge in [-0.25, -0.2) is 4.90 Å². The Balaban J connectivity index is 1.81. The largest absolute Gasteiger partial charge is 0.297 e. The number of amides is 2. The molecule has 2 saturated heterocycles. The molecular weight excluding hydrogens is 401 g/mol. The smallest absolute Gasteiger partial charge is 0.240 e. The maximum absolute atomic E-state index is 13.4. The number of hydrazone groups is 1. The van der Waals surface area contributed by atoms with E-state index in [2.05, 4.69) is 5.10 Å². The number of imide groups is 1. The Morgan fingerprint density at radius 3 is 2.43 bits per heavy atom. The molecule has 1 aromatic carbocycles. The van der Waals surface area contributed by atoms with Crippen LogP contribution in [0.2, 0.25) is 10.0 Å². The molecule has 2 amide bonds. The molecule has 4 rings (SSSR count). The third-order valence-corrected chi connectivity index (χ3v) is 5.99. The van der Waals surface area contributed by atoms with Gasteiger partial charge in [0.05, 0.1) is 28.6 Å². The number of nitrogens with zero attached hydrogens (tertiary/aromatic N) is 3. The Morgan fingerprint density at radius 1 is 1.11 bits per heavy atom. The van der Waals surface area contributed by atoms with Crippen LogP contribution >= 0.6 is 23.2 Å². The monoisotopic (exact) mass is 419 g/mol. The highest BCUT2D eigenvalue weighted by molar-refractivity contribution is 6.38. The Bertz CT molecular complexity index is 951. The van der Waals surface area contributed by atoms with Gasteiger partial charge in [0.1, 0.15) is 6.04 Å². The van der Waals surface area contributed by atoms with Gasteiger partial charge in [0.2, 0.25) is 11.8 Å². The molecule has 0 bridgehead atoms. The quantitative estimate of drug-likeness (QED) is 0.689. The summed E-state index contributed by atoms with van der Waals surface area (Å²) in [4.78, 5) is 41.0. The Morgan fingerprint density at radius 2 is 1.79 bits per heavy atom. The number of hydrogen-bond acceptors (Lipinski definition) is 5. The van der Waals surface area contributed by atoms with Crippen LogP contribution in [0.15, 0.2) is 35.5 Å². The van der Waals surface area contributed by atoms with Gasteiger partial charge in [-0.05, 0) is 24.3 Å². The van der Waals surface area contributed by atoms with Gasteiger partial charge in [-0.2, -0.15) is 5.10 Å². The molecule has 0 spiro atoms. The number of Topliss-reactive ketones (excluding diaryl/α,β-unsaturated/α-hetero) is 1. The van der Waals surface area contributed by atoms with Crippen LogP contribution in [0.3, 0.4) is 0 Å². The summed E-state index contributed by atoms with van der Waals surface area (Å²) in [5.41, 5.74) is -0.401. The third-order valence-electron chi connectivity index (χ3n) is 5.45. The van der Waals surface area contributed by atoms with Crippen molar-refractivity contribution < 1.29 is 14.4 Å². The van der Waals surface area contributed by atoms with Crippen molar-refractivity contribution in [2.24, 2.45) is 22.4 Å². The SMILES string of the molecule is CC(C)(C)C(=O)C1C2C(=O)N(c3ccc(Cl)cc3Cl)C(=O)C2C2C=CC=NN21. The number of allylic oxidation sites excluding steroid dienone is 1. The average Bonchev–Trinajstić information content (AvgIpc) is 3.08. The summed E-state index contributed by atoms with van der Waals surface area (Å²) in [7, 11) is 0. The lowest BCUT2D eigenvalue weighted by atomic mass is 9.80. The number of anilines is 1. The predicted octanol–water partition coefficient (Wildman–Crippen LogP) is 3.32. The summed E-state index contributed by atoms with van der Waals surface area (Å²) < 4.78 is 0. The van der Waals surface area contributed by atoms with Crippen LogP contribution in [0.4, 0.5) is 5.69 Å². The maximum Gasteiger partial charge on any atom is 0.240 e. The van der Waals surface area contributed by atoms with Crippen LogP contribution in [-0.4, -0.2) is 40.9 Å². The number of rotatable bonds is 2. The number of carbonyl (C=O) groups excluding carboxylic acids is 3. The summed E-state index contributed by atoms with van der Waals surface area (Å²) in [5.74, 6) is -2.43. The zero-order valence-corrected chi connectivity index (χ0v) is 17.1. The minimum Gasteiger partial charge on any atom is -0.297 e. The number of carbonyl (C=O) groups is 3. The first-order valence-electron chi connectivity index (χ1n) is 8.99. The van der Waals surface area contributed by atoms with Crippen molar-refractivity contribution in [3.05, 3.63) is 40.4 Å². The molecule has 6 nitrogen and oxygen atoms in total. The molecule has 0 aliphatic carbocycles. The fourth-order valence-electron chi connectivity index (χ4n) is 4.18. The number of hydrogen-bond donors (Lipinski definition) is 0. The van der Waals surface area contributed by atoms with Crippen molar-refractivity contribution in [2.45, 2.75) is 32.9 Å². The van der Waals surface area contributed by atoms with Crippen LogP contribution in [0.25, 0.3) is 0 Å². The fraction of sp³-hybridized carbons (Fsp3) is 0.400. The molecule has 3 aliphatic rings. The first-order valence-corrected chi connectivity index (χ1v) is 9.75. The highest BCUT2D eigenvalue weighted by Crippen LogP contribution is 2.48.